The largest absolute Gasteiger partial charge is 0.380 e. The first-order valence-corrected chi connectivity index (χ1v) is 7.03. The highest BCUT2D eigenvalue weighted by Crippen LogP contribution is 2.22. The van der Waals surface area contributed by atoms with Crippen LogP contribution in [0.4, 0.5) is 5.69 Å². The summed E-state index contributed by atoms with van der Waals surface area (Å²) in [5.74, 6) is 0.593. The second-order valence-corrected chi connectivity index (χ2v) is 5.58. The van der Waals surface area contributed by atoms with Gasteiger partial charge < -0.3 is 5.32 Å². The molecule has 0 aliphatic rings. The van der Waals surface area contributed by atoms with Crippen LogP contribution in [0.2, 0.25) is 0 Å². The lowest BCUT2D eigenvalue weighted by Crippen LogP contribution is -2.00. The van der Waals surface area contributed by atoms with Crippen molar-refractivity contribution in [2.24, 2.45) is 0 Å². The molecular formula is C16H18BrN. The normalized spacial score (nSPS) is 10.7. The van der Waals surface area contributed by atoms with Crippen LogP contribution in [0.25, 0.3) is 0 Å². The zero-order valence-electron chi connectivity index (χ0n) is 10.8. The number of nitrogens with one attached hydrogen (secondary N) is 1. The molecule has 94 valence electrons. The third-order valence-corrected chi connectivity index (χ3v) is 3.69. The molecule has 18 heavy (non-hydrogen) atoms. The van der Waals surface area contributed by atoms with E-state index in [1.54, 1.807) is 0 Å². The molecule has 2 aromatic carbocycles. The summed E-state index contributed by atoms with van der Waals surface area (Å²) in [5.41, 5.74) is 3.82. The van der Waals surface area contributed by atoms with E-state index in [1.807, 2.05) is 18.2 Å². The average Bonchev–Trinajstić information content (AvgIpc) is 2.38. The molecule has 0 bridgehead atoms. The maximum atomic E-state index is 3.54. The van der Waals surface area contributed by atoms with E-state index in [4.69, 9.17) is 0 Å². The van der Waals surface area contributed by atoms with Crippen LogP contribution in [-0.4, -0.2) is 0 Å². The number of anilines is 1. The smallest absolute Gasteiger partial charge is 0.0487 e. The second-order valence-electron chi connectivity index (χ2n) is 4.73. The lowest BCUT2D eigenvalue weighted by atomic mass is 10.0. The Morgan fingerprint density at radius 1 is 1.00 bits per heavy atom. The van der Waals surface area contributed by atoms with Gasteiger partial charge in [0.15, 0.2) is 0 Å². The van der Waals surface area contributed by atoms with E-state index < -0.39 is 0 Å². The summed E-state index contributed by atoms with van der Waals surface area (Å²) in [6.07, 6.45) is 0. The van der Waals surface area contributed by atoms with E-state index in [0.29, 0.717) is 5.92 Å². The summed E-state index contributed by atoms with van der Waals surface area (Å²) in [6.45, 7) is 5.28. The molecular weight excluding hydrogens is 286 g/mol. The fraction of sp³-hybridized carbons (Fsp3) is 0.250. The molecule has 0 amide bonds. The third kappa shape index (κ3) is 3.36. The van der Waals surface area contributed by atoms with Crippen molar-refractivity contribution in [1.29, 1.82) is 0 Å². The van der Waals surface area contributed by atoms with Crippen LogP contribution in [0.5, 0.6) is 0 Å². The molecule has 0 saturated heterocycles. The van der Waals surface area contributed by atoms with Crippen LogP contribution in [0.1, 0.15) is 30.9 Å². The molecule has 0 saturated carbocycles. The van der Waals surface area contributed by atoms with Crippen LogP contribution in [0, 0.1) is 0 Å². The summed E-state index contributed by atoms with van der Waals surface area (Å²) < 4.78 is 1.10. The van der Waals surface area contributed by atoms with Crippen molar-refractivity contribution in [1.82, 2.24) is 0 Å². The van der Waals surface area contributed by atoms with E-state index in [9.17, 15) is 0 Å². The predicted octanol–water partition coefficient (Wildman–Crippen LogP) is 5.18. The van der Waals surface area contributed by atoms with E-state index in [2.05, 4.69) is 65.4 Å². The first-order valence-electron chi connectivity index (χ1n) is 6.24. The Balaban J connectivity index is 2.00. The van der Waals surface area contributed by atoms with Crippen LogP contribution >= 0.6 is 15.9 Å². The zero-order valence-corrected chi connectivity index (χ0v) is 12.4. The van der Waals surface area contributed by atoms with Crippen molar-refractivity contribution in [2.45, 2.75) is 26.3 Å². The molecule has 0 aliphatic carbocycles. The highest BCUT2D eigenvalue weighted by Gasteiger charge is 2.00. The highest BCUT2D eigenvalue weighted by molar-refractivity contribution is 9.10. The standard InChI is InChI=1S/C16H18BrN/c1-12(2)14-9-7-13(8-10-14)11-18-16-6-4-3-5-15(16)17/h3-10,12,18H,11H2,1-2H3. The van der Waals surface area contributed by atoms with Gasteiger partial charge in [-0.25, -0.2) is 0 Å². The van der Waals surface area contributed by atoms with E-state index >= 15 is 0 Å². The van der Waals surface area contributed by atoms with E-state index in [0.717, 1.165) is 16.7 Å². The van der Waals surface area contributed by atoms with Crippen LogP contribution in [0.15, 0.2) is 53.0 Å². The molecule has 1 N–H and O–H groups in total. The molecule has 0 radical (unpaired) electrons. The Bertz CT molecular complexity index is 503. The molecule has 0 atom stereocenters. The van der Waals surface area contributed by atoms with Crippen molar-refractivity contribution in [3.63, 3.8) is 0 Å². The number of hydrogen-bond acceptors (Lipinski definition) is 1. The molecule has 0 unspecified atom stereocenters. The number of benzene rings is 2. The van der Waals surface area contributed by atoms with Gasteiger partial charge in [-0.1, -0.05) is 50.2 Å². The predicted molar refractivity (Wildman–Crippen MR) is 82.0 cm³/mol. The lowest BCUT2D eigenvalue weighted by molar-refractivity contribution is 0.865. The average molecular weight is 304 g/mol. The lowest BCUT2D eigenvalue weighted by Gasteiger charge is -2.10. The van der Waals surface area contributed by atoms with Gasteiger partial charge in [0, 0.05) is 16.7 Å². The van der Waals surface area contributed by atoms with Crippen LogP contribution in [0.3, 0.4) is 0 Å². The van der Waals surface area contributed by atoms with Crippen LogP contribution < -0.4 is 5.32 Å². The Morgan fingerprint density at radius 2 is 1.67 bits per heavy atom. The third-order valence-electron chi connectivity index (χ3n) is 3.00. The molecule has 2 aromatic rings. The van der Waals surface area contributed by atoms with Crippen molar-refractivity contribution >= 4 is 21.6 Å². The van der Waals surface area contributed by atoms with Crippen molar-refractivity contribution in [3.05, 3.63) is 64.1 Å². The molecule has 2 heteroatoms. The maximum absolute atomic E-state index is 3.54. The van der Waals surface area contributed by atoms with E-state index in [-0.39, 0.29) is 0 Å². The summed E-state index contributed by atoms with van der Waals surface area (Å²) in [6, 6.07) is 17.0. The molecule has 0 fully saturated rings. The van der Waals surface area contributed by atoms with Gasteiger partial charge in [-0.05, 0) is 45.1 Å². The summed E-state index contributed by atoms with van der Waals surface area (Å²) >= 11 is 3.54. The van der Waals surface area contributed by atoms with Gasteiger partial charge in [-0.3, -0.25) is 0 Å². The molecule has 0 spiro atoms. The Hall–Kier alpha value is -1.28. The Kier molecular flexibility index (Phi) is 4.43. The minimum Gasteiger partial charge on any atom is -0.380 e. The molecule has 1 nitrogen and oxygen atoms in total. The number of hydrogen-bond donors (Lipinski definition) is 1. The van der Waals surface area contributed by atoms with Gasteiger partial charge in [0.05, 0.1) is 0 Å². The quantitative estimate of drug-likeness (QED) is 0.820. The minimum absolute atomic E-state index is 0.593. The molecule has 0 aromatic heterocycles. The number of para-hydroxylation sites is 1. The molecule has 2 rings (SSSR count). The van der Waals surface area contributed by atoms with Gasteiger partial charge >= 0.3 is 0 Å². The highest BCUT2D eigenvalue weighted by atomic mass is 79.9. The monoisotopic (exact) mass is 303 g/mol. The minimum atomic E-state index is 0.593. The van der Waals surface area contributed by atoms with Crippen molar-refractivity contribution < 1.29 is 0 Å². The van der Waals surface area contributed by atoms with Gasteiger partial charge in [0.2, 0.25) is 0 Å². The second kappa shape index (κ2) is 6.05. The first-order chi connectivity index (χ1) is 8.66. The number of halogens is 1. The maximum Gasteiger partial charge on any atom is 0.0487 e. The van der Waals surface area contributed by atoms with Crippen LogP contribution in [-0.2, 0) is 6.54 Å². The van der Waals surface area contributed by atoms with Crippen molar-refractivity contribution in [3.8, 4) is 0 Å². The van der Waals surface area contributed by atoms with Gasteiger partial charge in [-0.2, -0.15) is 0 Å². The Labute approximate surface area is 117 Å². The topological polar surface area (TPSA) is 12.0 Å². The van der Waals surface area contributed by atoms with Gasteiger partial charge in [0.25, 0.3) is 0 Å². The fourth-order valence-electron chi connectivity index (χ4n) is 1.82. The number of rotatable bonds is 4. The molecule has 0 aliphatic heterocycles. The van der Waals surface area contributed by atoms with Gasteiger partial charge in [-0.15, -0.1) is 0 Å². The SMILES string of the molecule is CC(C)c1ccc(CNc2ccccc2Br)cc1. The fourth-order valence-corrected chi connectivity index (χ4v) is 2.25. The first kappa shape index (κ1) is 13.2. The summed E-state index contributed by atoms with van der Waals surface area (Å²) in [5, 5.41) is 3.43. The molecule has 0 heterocycles. The zero-order chi connectivity index (χ0) is 13.0. The summed E-state index contributed by atoms with van der Waals surface area (Å²) in [7, 11) is 0. The Morgan fingerprint density at radius 3 is 2.28 bits per heavy atom. The van der Waals surface area contributed by atoms with Crippen molar-refractivity contribution in [2.75, 3.05) is 5.32 Å². The van der Waals surface area contributed by atoms with E-state index in [1.165, 1.54) is 11.1 Å². The summed E-state index contributed by atoms with van der Waals surface area (Å²) in [4.78, 5) is 0. The van der Waals surface area contributed by atoms with Gasteiger partial charge in [0.1, 0.15) is 0 Å².